The quantitative estimate of drug-likeness (QED) is 0.0603. The van der Waals surface area contributed by atoms with Crippen molar-refractivity contribution in [3.8, 4) is 5.75 Å². The lowest BCUT2D eigenvalue weighted by Crippen LogP contribution is -2.68. The molecule has 254 valence electrons. The second kappa shape index (κ2) is 13.4. The fourth-order valence-corrected chi connectivity index (χ4v) is 6.36. The highest BCUT2D eigenvalue weighted by atomic mass is 32.3. The number of Topliss-reactive ketones (excluding diaryl/α,β-unsaturated/α-hetero) is 1. The molecule has 1 amide bonds. The number of amides is 1. The van der Waals surface area contributed by atoms with Crippen LogP contribution >= 0.6 is 11.3 Å². The maximum atomic E-state index is 13.4. The topological polar surface area (TPSA) is 262 Å². The van der Waals surface area contributed by atoms with E-state index >= 15 is 0 Å². The molecule has 0 radical (unpaired) electrons. The third-order valence-corrected chi connectivity index (χ3v) is 8.99. The number of hydrogen-bond donors (Lipinski definition) is 5. The lowest BCUT2D eigenvalue weighted by Gasteiger charge is -2.50. The minimum absolute atomic E-state index is 0.0200. The van der Waals surface area contributed by atoms with Crippen LogP contribution in [0.15, 0.2) is 33.7 Å². The Labute approximate surface area is 273 Å². The smallest absolute Gasteiger partial charge is 0.418 e. The fraction of sp³-hybridized carbons (Fsp3) is 0.481. The number of rotatable bonds is 13. The standard InChI is InChI=1S/C27H34N8O10S2/c1-27(2)18(23(37)35(27)45-47(40,41)42)8-20(36)22(19-13-46-26(29)32-19)33-44-21(24(38)39)12-43-17-4-3-14-10-34(11-15(14)7-17)25(28)31-16-5-6-30-9-16/h3-4,7,13,16,18,21,30H,5-6,8-12H2,1-2H3,(H2,28,31)(H2,29,32)(H,38,39)(H,40,41,42)/b33-22-/t16-,18-,21+/m1/s1. The number of guanidine groups is 1. The van der Waals surface area contributed by atoms with Crippen LogP contribution in [0.3, 0.4) is 0 Å². The van der Waals surface area contributed by atoms with Crippen molar-refractivity contribution in [1.82, 2.24) is 20.3 Å². The summed E-state index contributed by atoms with van der Waals surface area (Å²) in [4.78, 5) is 53.8. The first-order chi connectivity index (χ1) is 22.1. The molecule has 3 atom stereocenters. The number of hydrogen-bond acceptors (Lipinski definition) is 14. The Morgan fingerprint density at radius 3 is 2.64 bits per heavy atom. The number of aliphatic carboxylic acids is 1. The number of carbonyl (C=O) groups excluding carboxylic acids is 2. The van der Waals surface area contributed by atoms with E-state index in [2.05, 4.69) is 24.7 Å². The number of oxime groups is 1. The predicted octanol–water partition coefficient (Wildman–Crippen LogP) is -0.0990. The van der Waals surface area contributed by atoms with Gasteiger partial charge in [-0.1, -0.05) is 11.2 Å². The number of thiazole rings is 1. The van der Waals surface area contributed by atoms with Gasteiger partial charge in [0.25, 0.3) is 12.0 Å². The van der Waals surface area contributed by atoms with Gasteiger partial charge in [0, 0.05) is 31.4 Å². The Kier molecular flexibility index (Phi) is 9.68. The van der Waals surface area contributed by atoms with Crippen molar-refractivity contribution >= 4 is 56.2 Å². The summed E-state index contributed by atoms with van der Waals surface area (Å²) in [5.74, 6) is -3.32. The van der Waals surface area contributed by atoms with Crippen LogP contribution in [0.1, 0.15) is 43.5 Å². The number of hydroxylamine groups is 2. The molecule has 2 fully saturated rings. The summed E-state index contributed by atoms with van der Waals surface area (Å²) in [5, 5.41) is 18.8. The van der Waals surface area contributed by atoms with Gasteiger partial charge in [0.2, 0.25) is 0 Å². The van der Waals surface area contributed by atoms with E-state index in [-0.39, 0.29) is 16.9 Å². The van der Waals surface area contributed by atoms with E-state index in [9.17, 15) is 27.9 Å². The number of aromatic nitrogens is 1. The van der Waals surface area contributed by atoms with Crippen molar-refractivity contribution in [2.45, 2.75) is 57.5 Å². The Morgan fingerprint density at radius 2 is 2.02 bits per heavy atom. The van der Waals surface area contributed by atoms with Crippen molar-refractivity contribution < 1.29 is 46.3 Å². The summed E-state index contributed by atoms with van der Waals surface area (Å²) in [6, 6.07) is 5.47. The molecule has 1 aromatic heterocycles. The summed E-state index contributed by atoms with van der Waals surface area (Å²) in [7, 11) is -4.99. The van der Waals surface area contributed by atoms with Gasteiger partial charge in [-0.2, -0.15) is 13.5 Å². The molecule has 0 saturated carbocycles. The van der Waals surface area contributed by atoms with Gasteiger partial charge in [-0.15, -0.1) is 15.6 Å². The SMILES string of the molecule is CC1(C)[C@H](CC(=O)/C(=N\O[C@@H](COc2ccc3c(c2)CN(C(N)=N[C@@H]2CCNC2)C3)C(=O)O)c2csc(N)n2)C(=O)N1OS(=O)(=O)O. The second-order valence-electron chi connectivity index (χ2n) is 11.6. The Hall–Kier alpha value is -4.37. The Balaban J connectivity index is 1.25. The van der Waals surface area contributed by atoms with Crippen molar-refractivity contribution in [3.05, 3.63) is 40.4 Å². The molecule has 4 heterocycles. The first kappa shape index (κ1) is 34.0. The number of ether oxygens (including phenoxy) is 1. The van der Waals surface area contributed by atoms with E-state index in [1.807, 2.05) is 11.0 Å². The Morgan fingerprint density at radius 1 is 1.28 bits per heavy atom. The highest BCUT2D eigenvalue weighted by Gasteiger charge is 2.57. The maximum absolute atomic E-state index is 13.4. The van der Waals surface area contributed by atoms with Gasteiger partial charge < -0.3 is 36.4 Å². The van der Waals surface area contributed by atoms with Crippen LogP contribution in [-0.4, -0.2) is 99.7 Å². The van der Waals surface area contributed by atoms with Crippen LogP contribution in [0.5, 0.6) is 5.75 Å². The van der Waals surface area contributed by atoms with E-state index in [0.717, 1.165) is 42.0 Å². The van der Waals surface area contributed by atoms with E-state index in [4.69, 9.17) is 25.6 Å². The number of nitrogens with one attached hydrogen (secondary N) is 1. The van der Waals surface area contributed by atoms with Gasteiger partial charge in [0.1, 0.15) is 18.1 Å². The molecule has 47 heavy (non-hydrogen) atoms. The zero-order valence-electron chi connectivity index (χ0n) is 25.4. The number of anilines is 1. The predicted molar refractivity (Wildman–Crippen MR) is 166 cm³/mol. The van der Waals surface area contributed by atoms with Gasteiger partial charge in [-0.05, 0) is 50.1 Å². The van der Waals surface area contributed by atoms with Crippen molar-refractivity contribution in [3.63, 3.8) is 0 Å². The molecule has 1 aromatic carbocycles. The molecular formula is C27H34N8O10S2. The number of aliphatic imine (C=N–C) groups is 1. The number of fused-ring (bicyclic) bond motifs is 1. The number of β-lactam (4-membered cyclic amide) rings is 1. The monoisotopic (exact) mass is 694 g/mol. The maximum Gasteiger partial charge on any atom is 0.418 e. The molecule has 20 heteroatoms. The number of carboxylic acids is 1. The van der Waals surface area contributed by atoms with E-state index in [0.29, 0.717) is 29.9 Å². The fourth-order valence-electron chi connectivity index (χ4n) is 5.36. The van der Waals surface area contributed by atoms with E-state index in [1.54, 1.807) is 12.1 Å². The molecule has 18 nitrogen and oxygen atoms in total. The zero-order valence-corrected chi connectivity index (χ0v) is 27.0. The van der Waals surface area contributed by atoms with Crippen LogP contribution in [0.25, 0.3) is 0 Å². The van der Waals surface area contributed by atoms with Crippen LogP contribution in [0, 0.1) is 5.92 Å². The molecule has 0 unspecified atom stereocenters. The lowest BCUT2D eigenvalue weighted by molar-refractivity contribution is -0.228. The van der Waals surface area contributed by atoms with Gasteiger partial charge in [-0.3, -0.25) is 14.1 Å². The van der Waals surface area contributed by atoms with E-state index < -0.39 is 64.4 Å². The minimum Gasteiger partial charge on any atom is -0.489 e. The zero-order chi connectivity index (χ0) is 34.1. The molecule has 3 aliphatic heterocycles. The van der Waals surface area contributed by atoms with Gasteiger partial charge >= 0.3 is 16.4 Å². The number of nitrogens with two attached hydrogens (primary N) is 2. The third kappa shape index (κ3) is 7.79. The van der Waals surface area contributed by atoms with Crippen LogP contribution in [0.2, 0.25) is 0 Å². The number of benzene rings is 1. The summed E-state index contributed by atoms with van der Waals surface area (Å²) in [6.45, 7) is 5.16. The summed E-state index contributed by atoms with van der Waals surface area (Å²) in [5.41, 5.74) is 12.2. The van der Waals surface area contributed by atoms with Gasteiger partial charge in [0.05, 0.1) is 17.5 Å². The third-order valence-electron chi connectivity index (χ3n) is 7.98. The van der Waals surface area contributed by atoms with Crippen LogP contribution < -0.4 is 21.5 Å². The van der Waals surface area contributed by atoms with Crippen LogP contribution in [-0.2, 0) is 47.0 Å². The average Bonchev–Trinajstić information content (AvgIpc) is 3.77. The molecule has 7 N–H and O–H groups in total. The molecule has 2 saturated heterocycles. The first-order valence-corrected chi connectivity index (χ1v) is 16.6. The second-order valence-corrected chi connectivity index (χ2v) is 13.5. The van der Waals surface area contributed by atoms with Crippen molar-refractivity contribution in [2.24, 2.45) is 21.8 Å². The molecule has 3 aliphatic rings. The van der Waals surface area contributed by atoms with Crippen LogP contribution in [0.4, 0.5) is 5.13 Å². The summed E-state index contributed by atoms with van der Waals surface area (Å²) < 4.78 is 41.3. The van der Waals surface area contributed by atoms with Gasteiger partial charge in [-0.25, -0.2) is 14.8 Å². The normalized spacial score (nSPS) is 21.7. The number of ketones is 1. The summed E-state index contributed by atoms with van der Waals surface area (Å²) in [6.07, 6.45) is -1.22. The number of carbonyl (C=O) groups is 3. The molecular weight excluding hydrogens is 660 g/mol. The largest absolute Gasteiger partial charge is 0.489 e. The molecule has 5 rings (SSSR count). The molecule has 0 bridgehead atoms. The molecule has 0 aliphatic carbocycles. The summed E-state index contributed by atoms with van der Waals surface area (Å²) >= 11 is 0.989. The first-order valence-electron chi connectivity index (χ1n) is 14.4. The molecule has 0 spiro atoms. The average molecular weight is 695 g/mol. The highest BCUT2D eigenvalue weighted by Crippen LogP contribution is 2.40. The van der Waals surface area contributed by atoms with Crippen molar-refractivity contribution in [2.75, 3.05) is 25.4 Å². The van der Waals surface area contributed by atoms with E-state index in [1.165, 1.54) is 19.2 Å². The Bertz CT molecular complexity index is 1720. The van der Waals surface area contributed by atoms with Gasteiger partial charge in [0.15, 0.2) is 22.6 Å². The van der Waals surface area contributed by atoms with Crippen molar-refractivity contribution in [1.29, 1.82) is 0 Å². The number of nitrogens with zero attached hydrogens (tertiary/aromatic N) is 5. The minimum atomic E-state index is -4.99. The molecule has 2 aromatic rings. The lowest BCUT2D eigenvalue weighted by atomic mass is 9.74. The number of carboxylic acid groups (broad SMARTS) is 1. The number of nitrogen functional groups attached to an aromatic ring is 1. The highest BCUT2D eigenvalue weighted by molar-refractivity contribution is 7.80.